The third kappa shape index (κ3) is 2.99. The van der Waals surface area contributed by atoms with E-state index in [1.165, 1.54) is 16.8 Å². The number of nitrogens with two attached hydrogens (primary N) is 2. The molecule has 0 saturated carbocycles. The third-order valence-electron chi connectivity index (χ3n) is 3.88. The number of fused-ring (bicyclic) bond motifs is 1. The molecule has 0 saturated heterocycles. The summed E-state index contributed by atoms with van der Waals surface area (Å²) < 4.78 is 0. The highest BCUT2D eigenvalue weighted by Gasteiger charge is 2.28. The molecule has 1 aliphatic rings. The van der Waals surface area contributed by atoms with Crippen LogP contribution in [0.1, 0.15) is 11.1 Å². The zero-order valence-corrected chi connectivity index (χ0v) is 11.9. The Kier molecular flexibility index (Phi) is 3.77. The van der Waals surface area contributed by atoms with E-state index < -0.39 is 0 Å². The summed E-state index contributed by atoms with van der Waals surface area (Å²) in [6, 6.07) is 19.3. The van der Waals surface area contributed by atoms with E-state index in [0.717, 1.165) is 13.0 Å². The molecule has 1 atom stereocenters. The second-order valence-electron chi connectivity index (χ2n) is 5.37. The summed E-state index contributed by atoms with van der Waals surface area (Å²) in [5.41, 5.74) is 14.9. The van der Waals surface area contributed by atoms with Gasteiger partial charge >= 0.3 is 0 Å². The predicted molar refractivity (Wildman–Crippen MR) is 87.2 cm³/mol. The van der Waals surface area contributed by atoms with Gasteiger partial charge in [0.2, 0.25) is 0 Å². The van der Waals surface area contributed by atoms with E-state index in [-0.39, 0.29) is 5.96 Å². The van der Waals surface area contributed by atoms with Crippen LogP contribution in [0.2, 0.25) is 0 Å². The van der Waals surface area contributed by atoms with Crippen LogP contribution >= 0.6 is 0 Å². The van der Waals surface area contributed by atoms with Crippen LogP contribution < -0.4 is 16.4 Å². The highest BCUT2D eigenvalue weighted by Crippen LogP contribution is 2.33. The van der Waals surface area contributed by atoms with Crippen molar-refractivity contribution >= 4 is 11.6 Å². The summed E-state index contributed by atoms with van der Waals surface area (Å²) in [6.07, 6.45) is 0.986. The third-order valence-corrected chi connectivity index (χ3v) is 3.88. The minimum atomic E-state index is 0.158. The molecule has 21 heavy (non-hydrogen) atoms. The largest absolute Gasteiger partial charge is 0.370 e. The normalized spacial score (nSPS) is 16.6. The summed E-state index contributed by atoms with van der Waals surface area (Å²) in [5, 5.41) is 0. The summed E-state index contributed by atoms with van der Waals surface area (Å²) in [7, 11) is 0. The van der Waals surface area contributed by atoms with Crippen LogP contribution in [0.15, 0.2) is 59.6 Å². The molecule has 0 radical (unpaired) electrons. The first-order valence-electron chi connectivity index (χ1n) is 7.18. The lowest BCUT2D eigenvalue weighted by molar-refractivity contribution is 0.629. The van der Waals surface area contributed by atoms with Crippen molar-refractivity contribution < 1.29 is 0 Å². The summed E-state index contributed by atoms with van der Waals surface area (Å²) in [5.74, 6) is 0.158. The van der Waals surface area contributed by atoms with Crippen molar-refractivity contribution in [1.82, 2.24) is 0 Å². The maximum atomic E-state index is 5.48. The Morgan fingerprint density at radius 2 is 1.76 bits per heavy atom. The number of hydrogen-bond acceptors (Lipinski definition) is 2. The van der Waals surface area contributed by atoms with Gasteiger partial charge in [-0.15, -0.1) is 0 Å². The summed E-state index contributed by atoms with van der Waals surface area (Å²) in [4.78, 5) is 6.61. The number of anilines is 1. The molecule has 1 aliphatic heterocycles. The summed E-state index contributed by atoms with van der Waals surface area (Å²) in [6.45, 7) is 1.51. The van der Waals surface area contributed by atoms with Crippen molar-refractivity contribution in [3.63, 3.8) is 0 Å². The second kappa shape index (κ2) is 5.87. The lowest BCUT2D eigenvalue weighted by atomic mass is 10.1. The molecule has 2 aromatic carbocycles. The van der Waals surface area contributed by atoms with Crippen molar-refractivity contribution in [2.24, 2.45) is 16.5 Å². The average molecular weight is 280 g/mol. The van der Waals surface area contributed by atoms with Crippen LogP contribution in [-0.2, 0) is 13.0 Å². The van der Waals surface area contributed by atoms with Crippen LogP contribution in [0.4, 0.5) is 5.69 Å². The average Bonchev–Trinajstić information content (AvgIpc) is 2.84. The molecule has 4 N–H and O–H groups in total. The number of guanidine groups is 1. The first-order chi connectivity index (χ1) is 10.2. The van der Waals surface area contributed by atoms with E-state index in [4.69, 9.17) is 11.5 Å². The smallest absolute Gasteiger partial charge is 0.185 e. The van der Waals surface area contributed by atoms with E-state index >= 15 is 0 Å². The van der Waals surface area contributed by atoms with Crippen LogP contribution in [0.3, 0.4) is 0 Å². The van der Waals surface area contributed by atoms with Gasteiger partial charge in [0.25, 0.3) is 0 Å². The maximum Gasteiger partial charge on any atom is 0.185 e. The van der Waals surface area contributed by atoms with Crippen LogP contribution in [0, 0.1) is 0 Å². The SMILES string of the molecule is NC(N)=NCC1Cc2ccccc2N1Cc1ccccc1. The van der Waals surface area contributed by atoms with Crippen molar-refractivity contribution in [3.8, 4) is 0 Å². The molecule has 0 bridgehead atoms. The first kappa shape index (κ1) is 13.5. The zero-order valence-electron chi connectivity index (χ0n) is 11.9. The van der Waals surface area contributed by atoms with E-state index in [9.17, 15) is 0 Å². The molecule has 108 valence electrons. The summed E-state index contributed by atoms with van der Waals surface area (Å²) >= 11 is 0. The van der Waals surface area contributed by atoms with Gasteiger partial charge in [-0.25, -0.2) is 0 Å². The van der Waals surface area contributed by atoms with Gasteiger partial charge in [-0.3, -0.25) is 4.99 Å². The Bertz CT molecular complexity index is 632. The van der Waals surface area contributed by atoms with Gasteiger partial charge < -0.3 is 16.4 Å². The van der Waals surface area contributed by atoms with Crippen molar-refractivity contribution in [2.75, 3.05) is 11.4 Å². The van der Waals surface area contributed by atoms with Gasteiger partial charge in [0, 0.05) is 12.2 Å². The molecule has 1 heterocycles. The second-order valence-corrected chi connectivity index (χ2v) is 5.37. The number of benzene rings is 2. The minimum Gasteiger partial charge on any atom is -0.370 e. The number of nitrogens with zero attached hydrogens (tertiary/aromatic N) is 2. The van der Waals surface area contributed by atoms with Gasteiger partial charge in [-0.1, -0.05) is 48.5 Å². The Morgan fingerprint density at radius 1 is 1.05 bits per heavy atom. The molecule has 3 rings (SSSR count). The van der Waals surface area contributed by atoms with Gasteiger partial charge in [0.05, 0.1) is 12.6 Å². The molecule has 0 spiro atoms. The highest BCUT2D eigenvalue weighted by molar-refractivity contribution is 5.75. The number of aliphatic imine (C=N–C) groups is 1. The minimum absolute atomic E-state index is 0.158. The number of para-hydroxylation sites is 1. The fraction of sp³-hybridized carbons (Fsp3) is 0.235. The van der Waals surface area contributed by atoms with Gasteiger partial charge in [0.15, 0.2) is 5.96 Å². The molecule has 0 aliphatic carbocycles. The van der Waals surface area contributed by atoms with Crippen LogP contribution in [-0.4, -0.2) is 18.5 Å². The fourth-order valence-corrected chi connectivity index (χ4v) is 2.89. The van der Waals surface area contributed by atoms with Crippen LogP contribution in [0.25, 0.3) is 0 Å². The Labute approximate surface area is 125 Å². The standard InChI is InChI=1S/C17H20N4/c18-17(19)20-11-15-10-14-8-4-5-9-16(14)21(15)12-13-6-2-1-3-7-13/h1-9,15H,10-12H2,(H4,18,19,20). The number of hydrogen-bond donors (Lipinski definition) is 2. The van der Waals surface area contributed by atoms with Crippen molar-refractivity contribution in [3.05, 3.63) is 65.7 Å². The lowest BCUT2D eigenvalue weighted by Crippen LogP contribution is -2.35. The highest BCUT2D eigenvalue weighted by atomic mass is 15.2. The maximum absolute atomic E-state index is 5.48. The molecule has 2 aromatic rings. The van der Waals surface area contributed by atoms with E-state index in [2.05, 4.69) is 58.4 Å². The van der Waals surface area contributed by atoms with E-state index in [1.54, 1.807) is 0 Å². The molecule has 1 unspecified atom stereocenters. The first-order valence-corrected chi connectivity index (χ1v) is 7.18. The molecule has 4 nitrogen and oxygen atoms in total. The molecule has 0 fully saturated rings. The Hall–Kier alpha value is -2.49. The van der Waals surface area contributed by atoms with Gasteiger partial charge in [0.1, 0.15) is 0 Å². The van der Waals surface area contributed by atoms with Crippen LogP contribution in [0.5, 0.6) is 0 Å². The van der Waals surface area contributed by atoms with Gasteiger partial charge in [-0.05, 0) is 23.6 Å². The molecular formula is C17H20N4. The Balaban J connectivity index is 1.86. The molecule has 0 amide bonds. The van der Waals surface area contributed by atoms with Crippen molar-refractivity contribution in [2.45, 2.75) is 19.0 Å². The zero-order chi connectivity index (χ0) is 14.7. The van der Waals surface area contributed by atoms with Gasteiger partial charge in [-0.2, -0.15) is 0 Å². The monoisotopic (exact) mass is 280 g/mol. The number of rotatable bonds is 4. The quantitative estimate of drug-likeness (QED) is 0.664. The van der Waals surface area contributed by atoms with E-state index in [1.807, 2.05) is 6.07 Å². The predicted octanol–water partition coefficient (Wildman–Crippen LogP) is 1.89. The lowest BCUT2D eigenvalue weighted by Gasteiger charge is -2.26. The van der Waals surface area contributed by atoms with Crippen molar-refractivity contribution in [1.29, 1.82) is 0 Å². The Morgan fingerprint density at radius 3 is 2.52 bits per heavy atom. The molecule has 4 heteroatoms. The van der Waals surface area contributed by atoms with E-state index in [0.29, 0.717) is 12.6 Å². The topological polar surface area (TPSA) is 67.6 Å². The fourth-order valence-electron chi connectivity index (χ4n) is 2.89. The molecule has 0 aromatic heterocycles. The molecular weight excluding hydrogens is 260 g/mol.